The van der Waals surface area contributed by atoms with Crippen LogP contribution in [0.1, 0.15) is 25.7 Å². The molecule has 0 radical (unpaired) electrons. The Morgan fingerprint density at radius 3 is 2.40 bits per heavy atom. The summed E-state index contributed by atoms with van der Waals surface area (Å²) >= 11 is 0. The van der Waals surface area contributed by atoms with Crippen molar-refractivity contribution in [3.8, 4) is 0 Å². The maximum Gasteiger partial charge on any atom is 0.250 e. The number of piperidine rings is 2. The van der Waals surface area contributed by atoms with Gasteiger partial charge in [-0.25, -0.2) is 4.39 Å². The van der Waals surface area contributed by atoms with Crippen LogP contribution in [-0.2, 0) is 15.1 Å². The van der Waals surface area contributed by atoms with Crippen molar-refractivity contribution in [1.82, 2.24) is 20.0 Å². The van der Waals surface area contributed by atoms with E-state index in [1.165, 1.54) is 12.1 Å². The topological polar surface area (TPSA) is 79.3 Å². The van der Waals surface area contributed by atoms with Gasteiger partial charge in [-0.15, -0.1) is 12.4 Å². The van der Waals surface area contributed by atoms with Gasteiger partial charge in [0.15, 0.2) is 0 Å². The molecule has 4 rings (SSSR count). The van der Waals surface area contributed by atoms with E-state index in [2.05, 4.69) is 15.7 Å². The zero-order valence-electron chi connectivity index (χ0n) is 16.7. The normalized spacial score (nSPS) is 19.0. The van der Waals surface area contributed by atoms with Gasteiger partial charge in [0, 0.05) is 37.1 Å². The maximum absolute atomic E-state index is 13.5. The third-order valence-corrected chi connectivity index (χ3v) is 6.04. The molecule has 30 heavy (non-hydrogen) atoms. The molecule has 1 aromatic carbocycles. The molecule has 0 aliphatic carbocycles. The van der Waals surface area contributed by atoms with Gasteiger partial charge in [-0.3, -0.25) is 14.3 Å². The standard InChI is InChI=1S/C21H26FN5O2.ClH/c22-17-2-4-18(5-3-17)25-19(28)16-6-14-26(15-7-16)20(29)21(8-11-23-12-9-21)27-13-1-10-24-27;/h1-5,10,13,16,23H,6-9,11-12,14-15H2,(H,25,28);1H. The van der Waals surface area contributed by atoms with Crippen molar-refractivity contribution in [2.75, 3.05) is 31.5 Å². The number of anilines is 1. The number of benzene rings is 1. The summed E-state index contributed by atoms with van der Waals surface area (Å²) < 4.78 is 14.8. The molecule has 2 fully saturated rings. The van der Waals surface area contributed by atoms with Gasteiger partial charge in [-0.1, -0.05) is 0 Å². The highest BCUT2D eigenvalue weighted by atomic mass is 35.5. The van der Waals surface area contributed by atoms with Gasteiger partial charge in [-0.2, -0.15) is 5.10 Å². The first kappa shape index (κ1) is 22.2. The van der Waals surface area contributed by atoms with Gasteiger partial charge < -0.3 is 15.5 Å². The lowest BCUT2D eigenvalue weighted by Gasteiger charge is -2.42. The number of nitrogens with zero attached hydrogens (tertiary/aromatic N) is 3. The molecular formula is C21H27ClFN5O2. The fourth-order valence-corrected chi connectivity index (χ4v) is 4.32. The minimum atomic E-state index is -0.641. The summed E-state index contributed by atoms with van der Waals surface area (Å²) in [5.41, 5.74) is -0.0555. The van der Waals surface area contributed by atoms with Crippen LogP contribution in [0.25, 0.3) is 0 Å². The SMILES string of the molecule is Cl.O=C(Nc1ccc(F)cc1)C1CCN(C(=O)C2(n3cccn3)CCNCC2)CC1. The minimum absolute atomic E-state index is 0. The van der Waals surface area contributed by atoms with Crippen LogP contribution in [0.4, 0.5) is 10.1 Å². The number of nitrogens with one attached hydrogen (secondary N) is 2. The van der Waals surface area contributed by atoms with Crippen molar-refractivity contribution in [1.29, 1.82) is 0 Å². The number of carbonyl (C=O) groups excluding carboxylic acids is 2. The van der Waals surface area contributed by atoms with Crippen LogP contribution in [0.15, 0.2) is 42.7 Å². The molecule has 0 atom stereocenters. The van der Waals surface area contributed by atoms with Gasteiger partial charge in [0.2, 0.25) is 5.91 Å². The van der Waals surface area contributed by atoms with E-state index in [9.17, 15) is 14.0 Å². The lowest BCUT2D eigenvalue weighted by atomic mass is 9.85. The number of carbonyl (C=O) groups is 2. The molecule has 9 heteroatoms. The lowest BCUT2D eigenvalue weighted by molar-refractivity contribution is -0.145. The smallest absolute Gasteiger partial charge is 0.250 e. The van der Waals surface area contributed by atoms with Crippen LogP contribution in [0.2, 0.25) is 0 Å². The minimum Gasteiger partial charge on any atom is -0.341 e. The molecule has 2 aromatic rings. The van der Waals surface area contributed by atoms with E-state index >= 15 is 0 Å². The van der Waals surface area contributed by atoms with E-state index in [0.29, 0.717) is 44.5 Å². The van der Waals surface area contributed by atoms with E-state index in [4.69, 9.17) is 0 Å². The van der Waals surface area contributed by atoms with Gasteiger partial charge in [-0.05, 0) is 69.1 Å². The highest BCUT2D eigenvalue weighted by Crippen LogP contribution is 2.31. The third kappa shape index (κ3) is 4.49. The Morgan fingerprint density at radius 1 is 1.13 bits per heavy atom. The molecule has 1 aromatic heterocycles. The summed E-state index contributed by atoms with van der Waals surface area (Å²) in [6.45, 7) is 2.66. The Bertz CT molecular complexity index is 845. The van der Waals surface area contributed by atoms with Crippen molar-refractivity contribution in [2.45, 2.75) is 31.2 Å². The molecule has 3 heterocycles. The second-order valence-corrected chi connectivity index (χ2v) is 7.79. The van der Waals surface area contributed by atoms with E-state index in [0.717, 1.165) is 13.1 Å². The van der Waals surface area contributed by atoms with Crippen molar-refractivity contribution < 1.29 is 14.0 Å². The number of hydrogen-bond donors (Lipinski definition) is 2. The Balaban J connectivity index is 0.00000256. The largest absolute Gasteiger partial charge is 0.341 e. The highest BCUT2D eigenvalue weighted by molar-refractivity contribution is 5.93. The molecule has 162 valence electrons. The van der Waals surface area contributed by atoms with E-state index in [1.54, 1.807) is 18.3 Å². The molecule has 0 spiro atoms. The number of hydrogen-bond acceptors (Lipinski definition) is 4. The molecule has 2 amide bonds. The molecule has 7 nitrogen and oxygen atoms in total. The van der Waals surface area contributed by atoms with Crippen LogP contribution in [0.3, 0.4) is 0 Å². The van der Waals surface area contributed by atoms with Crippen LogP contribution in [-0.4, -0.2) is 52.7 Å². The van der Waals surface area contributed by atoms with Crippen molar-refractivity contribution >= 4 is 29.9 Å². The van der Waals surface area contributed by atoms with Gasteiger partial charge in [0.25, 0.3) is 5.91 Å². The first-order valence-corrected chi connectivity index (χ1v) is 10.2. The van der Waals surface area contributed by atoms with Crippen LogP contribution in [0.5, 0.6) is 0 Å². The van der Waals surface area contributed by atoms with Crippen LogP contribution >= 0.6 is 12.4 Å². The fraction of sp³-hybridized carbons (Fsp3) is 0.476. The molecular weight excluding hydrogens is 409 g/mol. The summed E-state index contributed by atoms with van der Waals surface area (Å²) in [7, 11) is 0. The van der Waals surface area contributed by atoms with E-state index in [1.807, 2.05) is 21.8 Å². The zero-order chi connectivity index (χ0) is 20.3. The predicted molar refractivity (Wildman–Crippen MR) is 114 cm³/mol. The Labute approximate surface area is 181 Å². The quantitative estimate of drug-likeness (QED) is 0.773. The predicted octanol–water partition coefficient (Wildman–Crippen LogP) is 2.40. The Kier molecular flexibility index (Phi) is 7.10. The Hall–Kier alpha value is -2.45. The second kappa shape index (κ2) is 9.57. The number of rotatable bonds is 4. The van der Waals surface area contributed by atoms with Gasteiger partial charge in [0.05, 0.1) is 0 Å². The highest BCUT2D eigenvalue weighted by Gasteiger charge is 2.45. The number of halogens is 2. The molecule has 2 N–H and O–H groups in total. The van der Waals surface area contributed by atoms with Gasteiger partial charge in [0.1, 0.15) is 11.4 Å². The summed E-state index contributed by atoms with van der Waals surface area (Å²) in [6, 6.07) is 7.60. The third-order valence-electron chi connectivity index (χ3n) is 6.04. The molecule has 2 aliphatic rings. The summed E-state index contributed by atoms with van der Waals surface area (Å²) in [5.74, 6) is -0.468. The van der Waals surface area contributed by atoms with Crippen molar-refractivity contribution in [3.05, 3.63) is 48.5 Å². The first-order chi connectivity index (χ1) is 14.1. The number of amides is 2. The average Bonchev–Trinajstić information content (AvgIpc) is 3.31. The van der Waals surface area contributed by atoms with Crippen LogP contribution < -0.4 is 10.6 Å². The van der Waals surface area contributed by atoms with E-state index in [-0.39, 0.29) is 36.0 Å². The Morgan fingerprint density at radius 2 is 1.80 bits per heavy atom. The monoisotopic (exact) mass is 435 g/mol. The first-order valence-electron chi connectivity index (χ1n) is 10.2. The molecule has 0 bridgehead atoms. The number of aromatic nitrogens is 2. The average molecular weight is 436 g/mol. The van der Waals surface area contributed by atoms with Crippen molar-refractivity contribution in [2.24, 2.45) is 5.92 Å². The molecule has 2 saturated heterocycles. The molecule has 0 unspecified atom stereocenters. The zero-order valence-corrected chi connectivity index (χ0v) is 17.5. The maximum atomic E-state index is 13.5. The van der Waals surface area contributed by atoms with Gasteiger partial charge >= 0.3 is 0 Å². The summed E-state index contributed by atoms with van der Waals surface area (Å²) in [4.78, 5) is 27.9. The summed E-state index contributed by atoms with van der Waals surface area (Å²) in [5, 5.41) is 10.5. The number of likely N-dealkylation sites (tertiary alicyclic amines) is 1. The van der Waals surface area contributed by atoms with Crippen molar-refractivity contribution in [3.63, 3.8) is 0 Å². The summed E-state index contributed by atoms with van der Waals surface area (Å²) in [6.07, 6.45) is 6.23. The lowest BCUT2D eigenvalue weighted by Crippen LogP contribution is -2.57. The molecule has 0 saturated carbocycles. The van der Waals surface area contributed by atoms with E-state index < -0.39 is 5.54 Å². The fourth-order valence-electron chi connectivity index (χ4n) is 4.32. The second-order valence-electron chi connectivity index (χ2n) is 7.79. The van der Waals surface area contributed by atoms with Crippen LogP contribution in [0, 0.1) is 11.7 Å². The molecule has 2 aliphatic heterocycles.